The molecule has 1 amide bonds. The van der Waals surface area contributed by atoms with E-state index in [2.05, 4.69) is 26.3 Å². The number of nitrogens with one attached hydrogen (secondary N) is 1. The molecule has 2 rings (SSSR count). The van der Waals surface area contributed by atoms with Crippen molar-refractivity contribution >= 4 is 39.1 Å². The Morgan fingerprint density at radius 1 is 1.55 bits per heavy atom. The molecule has 1 aromatic carbocycles. The van der Waals surface area contributed by atoms with E-state index in [-0.39, 0.29) is 18.0 Å². The van der Waals surface area contributed by atoms with Gasteiger partial charge in [-0.1, -0.05) is 27.5 Å². The number of amides is 1. The van der Waals surface area contributed by atoms with Crippen molar-refractivity contribution in [3.05, 3.63) is 45.4 Å². The molecule has 0 fully saturated rings. The van der Waals surface area contributed by atoms with Crippen molar-refractivity contribution in [1.82, 2.24) is 9.78 Å². The first-order chi connectivity index (χ1) is 9.45. The quantitative estimate of drug-likeness (QED) is 0.902. The molecule has 0 bridgehead atoms. The second kappa shape index (κ2) is 6.37. The van der Waals surface area contributed by atoms with Crippen LogP contribution in [0.4, 0.5) is 10.1 Å². The predicted octanol–water partition coefficient (Wildman–Crippen LogP) is 3.78. The molecule has 0 aliphatic heterocycles. The highest BCUT2D eigenvalue weighted by Crippen LogP contribution is 2.19. The third-order valence-electron chi connectivity index (χ3n) is 2.66. The molecule has 1 aromatic heterocycles. The van der Waals surface area contributed by atoms with Crippen molar-refractivity contribution in [1.29, 1.82) is 0 Å². The zero-order valence-corrected chi connectivity index (χ0v) is 13.0. The standard InChI is InChI=1S/C13H12BrClFN3O/c1-8-10(15)7-19(18-8)5-4-13(20)17-12-3-2-9(14)6-11(12)16/h2-3,6-7H,4-5H2,1H3,(H,17,20). The van der Waals surface area contributed by atoms with Crippen LogP contribution in [0.2, 0.25) is 5.02 Å². The number of carbonyl (C=O) groups excluding carboxylic acids is 1. The Bertz CT molecular complexity index is 625. The Hall–Kier alpha value is -1.40. The molecule has 1 N–H and O–H groups in total. The number of anilines is 1. The van der Waals surface area contributed by atoms with E-state index in [0.29, 0.717) is 21.7 Å². The minimum atomic E-state index is -0.481. The third-order valence-corrected chi connectivity index (χ3v) is 3.52. The third kappa shape index (κ3) is 3.80. The molecule has 0 aliphatic carbocycles. The van der Waals surface area contributed by atoms with E-state index in [1.807, 2.05) is 0 Å². The Labute approximate surface area is 129 Å². The average molecular weight is 361 g/mol. The Morgan fingerprint density at radius 3 is 2.90 bits per heavy atom. The monoisotopic (exact) mass is 359 g/mol. The van der Waals surface area contributed by atoms with Crippen molar-refractivity contribution < 1.29 is 9.18 Å². The van der Waals surface area contributed by atoms with Crippen LogP contribution in [0.3, 0.4) is 0 Å². The highest BCUT2D eigenvalue weighted by atomic mass is 79.9. The van der Waals surface area contributed by atoms with Crippen LogP contribution in [-0.2, 0) is 11.3 Å². The van der Waals surface area contributed by atoms with Crippen LogP contribution in [0.1, 0.15) is 12.1 Å². The van der Waals surface area contributed by atoms with Gasteiger partial charge in [-0.15, -0.1) is 0 Å². The van der Waals surface area contributed by atoms with Gasteiger partial charge in [0.05, 0.1) is 16.4 Å². The van der Waals surface area contributed by atoms with Gasteiger partial charge in [0.25, 0.3) is 0 Å². The van der Waals surface area contributed by atoms with Crippen LogP contribution in [-0.4, -0.2) is 15.7 Å². The molecule has 0 aliphatic rings. The van der Waals surface area contributed by atoms with Gasteiger partial charge in [0, 0.05) is 23.6 Å². The van der Waals surface area contributed by atoms with Crippen LogP contribution < -0.4 is 5.32 Å². The topological polar surface area (TPSA) is 46.9 Å². The maximum Gasteiger partial charge on any atom is 0.226 e. The van der Waals surface area contributed by atoms with Crippen LogP contribution in [0.15, 0.2) is 28.9 Å². The lowest BCUT2D eigenvalue weighted by molar-refractivity contribution is -0.116. The van der Waals surface area contributed by atoms with E-state index in [9.17, 15) is 9.18 Å². The summed E-state index contributed by atoms with van der Waals surface area (Å²) in [7, 11) is 0. The lowest BCUT2D eigenvalue weighted by Gasteiger charge is -2.06. The van der Waals surface area contributed by atoms with E-state index in [1.54, 1.807) is 23.9 Å². The normalized spacial score (nSPS) is 10.6. The van der Waals surface area contributed by atoms with E-state index in [1.165, 1.54) is 12.1 Å². The number of aryl methyl sites for hydroxylation is 2. The molecule has 0 spiro atoms. The second-order valence-electron chi connectivity index (χ2n) is 4.25. The first-order valence-electron chi connectivity index (χ1n) is 5.90. The Morgan fingerprint density at radius 2 is 2.30 bits per heavy atom. The second-order valence-corrected chi connectivity index (χ2v) is 5.57. The lowest BCUT2D eigenvalue weighted by atomic mass is 10.3. The highest BCUT2D eigenvalue weighted by Gasteiger charge is 2.09. The zero-order valence-electron chi connectivity index (χ0n) is 10.7. The van der Waals surface area contributed by atoms with Crippen molar-refractivity contribution in [3.63, 3.8) is 0 Å². The fourth-order valence-corrected chi connectivity index (χ4v) is 2.11. The summed E-state index contributed by atoms with van der Waals surface area (Å²) in [5, 5.41) is 7.22. The number of nitrogens with zero attached hydrogens (tertiary/aromatic N) is 2. The maximum atomic E-state index is 13.6. The van der Waals surface area contributed by atoms with Gasteiger partial charge in [0.1, 0.15) is 5.82 Å². The zero-order chi connectivity index (χ0) is 14.7. The summed E-state index contributed by atoms with van der Waals surface area (Å²) >= 11 is 9.03. The molecule has 0 saturated heterocycles. The van der Waals surface area contributed by atoms with E-state index >= 15 is 0 Å². The summed E-state index contributed by atoms with van der Waals surface area (Å²) in [5.41, 5.74) is 0.874. The van der Waals surface area contributed by atoms with Gasteiger partial charge in [-0.3, -0.25) is 9.48 Å². The van der Waals surface area contributed by atoms with Crippen LogP contribution >= 0.6 is 27.5 Å². The fraction of sp³-hybridized carbons (Fsp3) is 0.231. The summed E-state index contributed by atoms with van der Waals surface area (Å²) < 4.78 is 15.8. The van der Waals surface area contributed by atoms with Crippen molar-refractivity contribution in [2.75, 3.05) is 5.32 Å². The number of aromatic nitrogens is 2. The molecular weight excluding hydrogens is 349 g/mol. The first-order valence-corrected chi connectivity index (χ1v) is 7.07. The average Bonchev–Trinajstić information content (AvgIpc) is 2.70. The van der Waals surface area contributed by atoms with Gasteiger partial charge in [-0.25, -0.2) is 4.39 Å². The molecular formula is C13H12BrClFN3O. The number of halogens is 3. The lowest BCUT2D eigenvalue weighted by Crippen LogP contribution is -2.15. The SMILES string of the molecule is Cc1nn(CCC(=O)Nc2ccc(Br)cc2F)cc1Cl. The minimum absolute atomic E-state index is 0.160. The largest absolute Gasteiger partial charge is 0.324 e. The number of carbonyl (C=O) groups is 1. The van der Waals surface area contributed by atoms with E-state index in [0.717, 1.165) is 0 Å². The molecule has 1 heterocycles. The van der Waals surface area contributed by atoms with Gasteiger partial charge in [0.2, 0.25) is 5.91 Å². The van der Waals surface area contributed by atoms with E-state index in [4.69, 9.17) is 11.6 Å². The smallest absolute Gasteiger partial charge is 0.226 e. The molecule has 0 saturated carbocycles. The molecule has 20 heavy (non-hydrogen) atoms. The van der Waals surface area contributed by atoms with Gasteiger partial charge >= 0.3 is 0 Å². The Balaban J connectivity index is 1.92. The van der Waals surface area contributed by atoms with Crippen molar-refractivity contribution in [2.24, 2.45) is 0 Å². The molecule has 0 unspecified atom stereocenters. The maximum absolute atomic E-state index is 13.6. The fourth-order valence-electron chi connectivity index (χ4n) is 1.63. The predicted molar refractivity (Wildman–Crippen MR) is 79.3 cm³/mol. The number of hydrogen-bond acceptors (Lipinski definition) is 2. The van der Waals surface area contributed by atoms with Crippen LogP contribution in [0, 0.1) is 12.7 Å². The number of benzene rings is 1. The van der Waals surface area contributed by atoms with Crippen molar-refractivity contribution in [2.45, 2.75) is 19.9 Å². The number of rotatable bonds is 4. The first kappa shape index (κ1) is 15.0. The molecule has 0 atom stereocenters. The molecule has 2 aromatic rings. The summed E-state index contributed by atoms with van der Waals surface area (Å²) in [6, 6.07) is 4.47. The minimum Gasteiger partial charge on any atom is -0.324 e. The molecule has 7 heteroatoms. The summed E-state index contributed by atoms with van der Waals surface area (Å²) in [5.74, 6) is -0.763. The van der Waals surface area contributed by atoms with Gasteiger partial charge in [0.15, 0.2) is 0 Å². The Kier molecular flexibility index (Phi) is 4.77. The summed E-state index contributed by atoms with van der Waals surface area (Å²) in [4.78, 5) is 11.8. The van der Waals surface area contributed by atoms with Crippen LogP contribution in [0.25, 0.3) is 0 Å². The highest BCUT2D eigenvalue weighted by molar-refractivity contribution is 9.10. The molecule has 0 radical (unpaired) electrons. The molecule has 4 nitrogen and oxygen atoms in total. The van der Waals surface area contributed by atoms with Crippen molar-refractivity contribution in [3.8, 4) is 0 Å². The van der Waals surface area contributed by atoms with Gasteiger partial charge < -0.3 is 5.32 Å². The van der Waals surface area contributed by atoms with Gasteiger partial charge in [-0.2, -0.15) is 5.10 Å². The summed E-state index contributed by atoms with van der Waals surface area (Å²) in [6.07, 6.45) is 1.84. The van der Waals surface area contributed by atoms with E-state index < -0.39 is 5.82 Å². The van der Waals surface area contributed by atoms with Gasteiger partial charge in [-0.05, 0) is 25.1 Å². The number of hydrogen-bond donors (Lipinski definition) is 1. The van der Waals surface area contributed by atoms with Crippen LogP contribution in [0.5, 0.6) is 0 Å². The summed E-state index contributed by atoms with van der Waals surface area (Å²) in [6.45, 7) is 2.17. The molecule has 106 valence electrons.